The first kappa shape index (κ1) is 24.9. The van der Waals surface area contributed by atoms with Gasteiger partial charge >= 0.3 is 8.56 Å². The Labute approximate surface area is 156 Å². The molecule has 0 rings (SSSR count). The summed E-state index contributed by atoms with van der Waals surface area (Å²) >= 11 is 0. The van der Waals surface area contributed by atoms with Gasteiger partial charge in [0.2, 0.25) is 0 Å². The van der Waals surface area contributed by atoms with Crippen LogP contribution < -0.4 is 0 Å². The van der Waals surface area contributed by atoms with Crippen molar-refractivity contribution in [2.45, 2.75) is 83.2 Å². The summed E-state index contributed by atoms with van der Waals surface area (Å²) in [6, 6.07) is 1.05. The minimum absolute atomic E-state index is 0.370. The summed E-state index contributed by atoms with van der Waals surface area (Å²) in [4.78, 5) is 0. The second kappa shape index (κ2) is 8.30. The topological polar surface area (TPSA) is 36.9 Å². The summed E-state index contributed by atoms with van der Waals surface area (Å²) in [6.07, 6.45) is 0. The van der Waals surface area contributed by atoms with Gasteiger partial charge in [-0.05, 0) is 78.1 Å². The molecule has 0 fully saturated rings. The van der Waals surface area contributed by atoms with Crippen LogP contribution in [0.5, 0.6) is 0 Å². The van der Waals surface area contributed by atoms with Crippen molar-refractivity contribution in [2.75, 3.05) is 14.2 Å². The van der Waals surface area contributed by atoms with Crippen LogP contribution in [0.25, 0.3) is 0 Å². The van der Waals surface area contributed by atoms with Crippen LogP contribution in [-0.2, 0) is 17.1 Å². The lowest BCUT2D eigenvalue weighted by atomic mass is 10.9. The average Bonchev–Trinajstić information content (AvgIpc) is 2.31. The molecular weight excluding hydrogens is 385 g/mol. The largest absolute Gasteiger partial charge is 0.437 e. The van der Waals surface area contributed by atoms with Crippen molar-refractivity contribution in [3.8, 4) is 0 Å². The molecule has 0 bridgehead atoms. The van der Waals surface area contributed by atoms with Crippen LogP contribution in [0.15, 0.2) is 0 Å². The fourth-order valence-electron chi connectivity index (χ4n) is 3.16. The molecule has 0 spiro atoms. The SMILES string of the molecule is CO[Si](C)(C)CC([Si](C)(C)OC)[Si](C)(O[Si](C)(C)C)O[Si](C)(C)C. The summed E-state index contributed by atoms with van der Waals surface area (Å²) in [6.45, 7) is 25.1. The van der Waals surface area contributed by atoms with Gasteiger partial charge < -0.3 is 17.1 Å². The van der Waals surface area contributed by atoms with Gasteiger partial charge in [-0.25, -0.2) is 0 Å². The highest BCUT2D eigenvalue weighted by molar-refractivity contribution is 6.98. The van der Waals surface area contributed by atoms with E-state index in [0.29, 0.717) is 5.16 Å². The monoisotopic (exact) mass is 426 g/mol. The highest BCUT2D eigenvalue weighted by atomic mass is 28.5. The molecule has 0 heterocycles. The Morgan fingerprint density at radius 1 is 0.625 bits per heavy atom. The van der Waals surface area contributed by atoms with Gasteiger partial charge in [0.1, 0.15) is 0 Å². The van der Waals surface area contributed by atoms with Gasteiger partial charge in [-0.1, -0.05) is 0 Å². The molecule has 1 atom stereocenters. The van der Waals surface area contributed by atoms with E-state index in [-0.39, 0.29) is 0 Å². The maximum Gasteiger partial charge on any atom is 0.316 e. The lowest BCUT2D eigenvalue weighted by Crippen LogP contribution is -2.62. The van der Waals surface area contributed by atoms with E-state index in [4.69, 9.17) is 17.1 Å². The van der Waals surface area contributed by atoms with E-state index < -0.39 is 41.8 Å². The Balaban J connectivity index is 6.06. The third-order valence-corrected chi connectivity index (χ3v) is 23.8. The van der Waals surface area contributed by atoms with Gasteiger partial charge in [0.15, 0.2) is 33.3 Å². The summed E-state index contributed by atoms with van der Waals surface area (Å²) in [5.74, 6) is 0. The first-order chi connectivity index (χ1) is 10.4. The predicted molar refractivity (Wildman–Crippen MR) is 118 cm³/mol. The van der Waals surface area contributed by atoms with Crippen molar-refractivity contribution < 1.29 is 17.1 Å². The first-order valence-electron chi connectivity index (χ1n) is 8.88. The first-order valence-corrected chi connectivity index (χ1v) is 24.2. The maximum atomic E-state index is 6.85. The molecular formula is C15H42O4Si5. The lowest BCUT2D eigenvalue weighted by Gasteiger charge is -2.48. The quantitative estimate of drug-likeness (QED) is 0.440. The third-order valence-electron chi connectivity index (χ3n) is 4.26. The van der Waals surface area contributed by atoms with E-state index in [1.54, 1.807) is 0 Å². The third kappa shape index (κ3) is 8.54. The number of rotatable bonds is 10. The van der Waals surface area contributed by atoms with E-state index in [0.717, 1.165) is 6.04 Å². The van der Waals surface area contributed by atoms with E-state index in [2.05, 4.69) is 72.0 Å². The average molecular weight is 427 g/mol. The van der Waals surface area contributed by atoms with Crippen molar-refractivity contribution in [3.05, 3.63) is 0 Å². The molecule has 9 heteroatoms. The molecule has 0 amide bonds. The van der Waals surface area contributed by atoms with Crippen LogP contribution in [0.4, 0.5) is 0 Å². The highest BCUT2D eigenvalue weighted by Gasteiger charge is 2.55. The van der Waals surface area contributed by atoms with Gasteiger partial charge in [0, 0.05) is 19.4 Å². The molecule has 0 aliphatic heterocycles. The second-order valence-corrected chi connectivity index (χ2v) is 32.0. The summed E-state index contributed by atoms with van der Waals surface area (Å²) in [5, 5.41) is 0.370. The van der Waals surface area contributed by atoms with Crippen LogP contribution in [0.3, 0.4) is 0 Å². The van der Waals surface area contributed by atoms with E-state index in [1.807, 2.05) is 14.2 Å². The molecule has 146 valence electrons. The zero-order valence-electron chi connectivity index (χ0n) is 18.4. The molecule has 0 aliphatic rings. The van der Waals surface area contributed by atoms with Gasteiger partial charge in [-0.2, -0.15) is 0 Å². The lowest BCUT2D eigenvalue weighted by molar-refractivity contribution is 0.348. The molecule has 24 heavy (non-hydrogen) atoms. The zero-order valence-corrected chi connectivity index (χ0v) is 23.4. The summed E-state index contributed by atoms with van der Waals surface area (Å²) < 4.78 is 25.7. The molecule has 0 aromatic heterocycles. The molecule has 0 aromatic rings. The minimum Gasteiger partial charge on any atom is -0.437 e. The van der Waals surface area contributed by atoms with Crippen LogP contribution in [-0.4, -0.2) is 56.1 Å². The van der Waals surface area contributed by atoms with Gasteiger partial charge in [-0.15, -0.1) is 0 Å². The number of hydrogen-bond donors (Lipinski definition) is 0. The standard InChI is InChI=1S/C15H42O4Si5/c1-16-22(9,10)14-15(23(11,12)17-2)24(13,18-20(3,4)5)19-21(6,7)8/h15H,14H2,1-13H3. The van der Waals surface area contributed by atoms with Crippen LogP contribution in [0, 0.1) is 0 Å². The summed E-state index contributed by atoms with van der Waals surface area (Å²) in [7, 11) is -5.90. The van der Waals surface area contributed by atoms with Crippen molar-refractivity contribution in [1.82, 2.24) is 0 Å². The van der Waals surface area contributed by atoms with Crippen LogP contribution >= 0.6 is 0 Å². The van der Waals surface area contributed by atoms with Gasteiger partial charge in [-0.3, -0.25) is 0 Å². The molecule has 1 unspecified atom stereocenters. The molecule has 0 saturated carbocycles. The van der Waals surface area contributed by atoms with Crippen molar-refractivity contribution in [3.63, 3.8) is 0 Å². The second-order valence-electron chi connectivity index (χ2n) is 9.97. The highest BCUT2D eigenvalue weighted by Crippen LogP contribution is 2.43. The minimum atomic E-state index is -2.42. The molecule has 0 aliphatic carbocycles. The smallest absolute Gasteiger partial charge is 0.316 e. The van der Waals surface area contributed by atoms with Crippen LogP contribution in [0.1, 0.15) is 0 Å². The predicted octanol–water partition coefficient (Wildman–Crippen LogP) is 5.37. The molecule has 4 nitrogen and oxygen atoms in total. The van der Waals surface area contributed by atoms with Gasteiger partial charge in [0.05, 0.1) is 0 Å². The Bertz CT molecular complexity index is 386. The number of hydrogen-bond acceptors (Lipinski definition) is 4. The van der Waals surface area contributed by atoms with Crippen molar-refractivity contribution in [1.29, 1.82) is 0 Å². The molecule has 0 saturated heterocycles. The van der Waals surface area contributed by atoms with Crippen LogP contribution in [0.2, 0.25) is 83.2 Å². The molecule has 0 aromatic carbocycles. The maximum absolute atomic E-state index is 6.85. The van der Waals surface area contributed by atoms with Crippen molar-refractivity contribution in [2.24, 2.45) is 0 Å². The van der Waals surface area contributed by atoms with Crippen molar-refractivity contribution >= 4 is 41.8 Å². The Kier molecular flexibility index (Phi) is 8.62. The molecule has 0 radical (unpaired) electrons. The zero-order chi connectivity index (χ0) is 19.6. The summed E-state index contributed by atoms with van der Waals surface area (Å²) in [5.41, 5.74) is 0. The fraction of sp³-hybridized carbons (Fsp3) is 1.00. The van der Waals surface area contributed by atoms with E-state index in [1.165, 1.54) is 0 Å². The Morgan fingerprint density at radius 3 is 1.25 bits per heavy atom. The van der Waals surface area contributed by atoms with Gasteiger partial charge in [0.25, 0.3) is 0 Å². The Hall–Kier alpha value is 0.924. The fourth-order valence-corrected chi connectivity index (χ4v) is 28.9. The molecule has 0 N–H and O–H groups in total. The Morgan fingerprint density at radius 2 is 1.00 bits per heavy atom. The normalized spacial score (nSPS) is 16.4. The van der Waals surface area contributed by atoms with E-state index >= 15 is 0 Å². The van der Waals surface area contributed by atoms with E-state index in [9.17, 15) is 0 Å².